The summed E-state index contributed by atoms with van der Waals surface area (Å²) in [5.74, 6) is 0. The molecule has 1 N–H and O–H groups in total. The van der Waals surface area contributed by atoms with Gasteiger partial charge in [0.15, 0.2) is 0 Å². The summed E-state index contributed by atoms with van der Waals surface area (Å²) in [7, 11) is 0. The molecule has 0 fully saturated rings. The minimum absolute atomic E-state index is 0.625. The van der Waals surface area contributed by atoms with Gasteiger partial charge in [-0.3, -0.25) is 5.41 Å². The highest BCUT2D eigenvalue weighted by molar-refractivity contribution is 8.21. The molecule has 1 nitrogen and oxygen atoms in total. The van der Waals surface area contributed by atoms with Crippen LogP contribution in [0.5, 0.6) is 0 Å². The van der Waals surface area contributed by atoms with Gasteiger partial charge in [0.1, 0.15) is 0 Å². The van der Waals surface area contributed by atoms with Gasteiger partial charge in [-0.1, -0.05) is 47.7 Å². The number of nitrogens with one attached hydrogen (secondary N) is 1. The molecule has 1 rings (SSSR count). The van der Waals surface area contributed by atoms with Crippen molar-refractivity contribution in [2.45, 2.75) is 20.8 Å². The highest BCUT2D eigenvalue weighted by Gasteiger charge is 2.02. The third kappa shape index (κ3) is 3.04. The monoisotopic (exact) mass is 205 g/mol. The van der Waals surface area contributed by atoms with Crippen LogP contribution in [0.25, 0.3) is 4.91 Å². The van der Waals surface area contributed by atoms with Crippen molar-refractivity contribution in [2.24, 2.45) is 0 Å². The summed E-state index contributed by atoms with van der Waals surface area (Å²) < 4.78 is 0. The molecule has 74 valence electrons. The van der Waals surface area contributed by atoms with Gasteiger partial charge < -0.3 is 0 Å². The summed E-state index contributed by atoms with van der Waals surface area (Å²) in [6.07, 6.45) is 2.05. The molecule has 0 spiro atoms. The summed E-state index contributed by atoms with van der Waals surface area (Å²) in [6.45, 7) is 5.90. The second-order valence-electron chi connectivity index (χ2n) is 3.18. The van der Waals surface area contributed by atoms with Crippen LogP contribution in [0, 0.1) is 12.3 Å². The average Bonchev–Trinajstić information content (AvgIpc) is 2.14. The fourth-order valence-corrected chi connectivity index (χ4v) is 1.94. The van der Waals surface area contributed by atoms with Gasteiger partial charge >= 0.3 is 0 Å². The molecule has 0 aliphatic rings. The zero-order valence-corrected chi connectivity index (χ0v) is 9.61. The van der Waals surface area contributed by atoms with E-state index in [0.29, 0.717) is 5.04 Å². The summed E-state index contributed by atoms with van der Waals surface area (Å²) in [5.41, 5.74) is 2.45. The van der Waals surface area contributed by atoms with Crippen molar-refractivity contribution < 1.29 is 0 Å². The molecular formula is C12H15NS. The first-order chi connectivity index (χ1) is 6.63. The fraction of sp³-hybridized carbons (Fsp3) is 0.250. The molecular weight excluding hydrogens is 190 g/mol. The van der Waals surface area contributed by atoms with Gasteiger partial charge in [-0.25, -0.2) is 0 Å². The lowest BCUT2D eigenvalue weighted by molar-refractivity contribution is 1.45. The normalized spacial score (nSPS) is 11.5. The largest absolute Gasteiger partial charge is 0.298 e. The number of rotatable bonds is 2. The van der Waals surface area contributed by atoms with E-state index >= 15 is 0 Å². The zero-order valence-electron chi connectivity index (χ0n) is 8.79. The van der Waals surface area contributed by atoms with Crippen LogP contribution in [0.1, 0.15) is 25.0 Å². The van der Waals surface area contributed by atoms with Crippen LogP contribution in [-0.4, -0.2) is 5.04 Å². The minimum Gasteiger partial charge on any atom is -0.298 e. The van der Waals surface area contributed by atoms with Crippen LogP contribution in [0.3, 0.4) is 0 Å². The minimum atomic E-state index is 0.625. The Bertz CT molecular complexity index is 366. The first kappa shape index (κ1) is 11.1. The second-order valence-corrected chi connectivity index (χ2v) is 4.44. The molecule has 14 heavy (non-hydrogen) atoms. The Labute approximate surface area is 89.7 Å². The topological polar surface area (TPSA) is 23.9 Å². The Morgan fingerprint density at radius 2 is 2.14 bits per heavy atom. The molecule has 0 saturated heterocycles. The number of hydrogen-bond donors (Lipinski definition) is 1. The molecule has 0 aliphatic heterocycles. The lowest BCUT2D eigenvalue weighted by atomic mass is 10.1. The van der Waals surface area contributed by atoms with Crippen molar-refractivity contribution >= 4 is 21.7 Å². The van der Waals surface area contributed by atoms with E-state index in [2.05, 4.69) is 31.2 Å². The SMILES string of the molecule is C/C=C(\SC(C)=N)c1cccc(C)c1. The molecule has 0 amide bonds. The van der Waals surface area contributed by atoms with E-state index in [1.807, 2.05) is 19.9 Å². The van der Waals surface area contributed by atoms with E-state index < -0.39 is 0 Å². The van der Waals surface area contributed by atoms with Gasteiger partial charge in [-0.2, -0.15) is 0 Å². The van der Waals surface area contributed by atoms with E-state index in [1.165, 1.54) is 22.9 Å². The Hall–Kier alpha value is -1.02. The Morgan fingerprint density at radius 3 is 2.64 bits per heavy atom. The highest BCUT2D eigenvalue weighted by Crippen LogP contribution is 2.28. The van der Waals surface area contributed by atoms with Crippen molar-refractivity contribution in [2.75, 3.05) is 0 Å². The van der Waals surface area contributed by atoms with E-state index in [0.717, 1.165) is 4.91 Å². The van der Waals surface area contributed by atoms with E-state index in [1.54, 1.807) is 0 Å². The molecule has 0 unspecified atom stereocenters. The number of aryl methyl sites for hydroxylation is 1. The first-order valence-corrected chi connectivity index (χ1v) is 5.41. The van der Waals surface area contributed by atoms with Crippen molar-refractivity contribution in [1.29, 1.82) is 5.41 Å². The van der Waals surface area contributed by atoms with Crippen LogP contribution in [0.2, 0.25) is 0 Å². The molecule has 0 heterocycles. The molecule has 0 bridgehead atoms. The molecule has 1 aromatic rings. The highest BCUT2D eigenvalue weighted by atomic mass is 32.2. The third-order valence-corrected chi connectivity index (χ3v) is 2.83. The van der Waals surface area contributed by atoms with Crippen molar-refractivity contribution in [1.82, 2.24) is 0 Å². The Morgan fingerprint density at radius 1 is 1.43 bits per heavy atom. The molecule has 0 atom stereocenters. The molecule has 0 aliphatic carbocycles. The molecule has 0 saturated carbocycles. The number of thioether (sulfide) groups is 1. The maximum absolute atomic E-state index is 7.45. The van der Waals surface area contributed by atoms with Crippen LogP contribution in [0.4, 0.5) is 0 Å². The molecule has 2 heteroatoms. The predicted octanol–water partition coefficient (Wildman–Crippen LogP) is 4.09. The van der Waals surface area contributed by atoms with E-state index in [-0.39, 0.29) is 0 Å². The lowest BCUT2D eigenvalue weighted by Crippen LogP contribution is -1.85. The summed E-state index contributed by atoms with van der Waals surface area (Å²) >= 11 is 1.51. The summed E-state index contributed by atoms with van der Waals surface area (Å²) in [6, 6.07) is 8.36. The van der Waals surface area contributed by atoms with Gasteiger partial charge in [0.05, 0.1) is 5.04 Å². The third-order valence-electron chi connectivity index (χ3n) is 1.83. The Kier molecular flexibility index (Phi) is 3.96. The van der Waals surface area contributed by atoms with Crippen LogP contribution < -0.4 is 0 Å². The quantitative estimate of drug-likeness (QED) is 0.570. The maximum Gasteiger partial charge on any atom is 0.0658 e. The van der Waals surface area contributed by atoms with Gasteiger partial charge in [-0.05, 0) is 26.3 Å². The average molecular weight is 205 g/mol. The first-order valence-electron chi connectivity index (χ1n) is 4.60. The fourth-order valence-electron chi connectivity index (χ4n) is 1.25. The standard InChI is InChI=1S/C12H15NS/c1-4-12(14-10(3)13)11-7-5-6-9(2)8-11/h4-8,13H,1-3H3/b12-4-,13-10?. The van der Waals surface area contributed by atoms with E-state index in [9.17, 15) is 0 Å². The smallest absolute Gasteiger partial charge is 0.0658 e. The van der Waals surface area contributed by atoms with Gasteiger partial charge in [0.25, 0.3) is 0 Å². The van der Waals surface area contributed by atoms with Crippen molar-refractivity contribution in [3.8, 4) is 0 Å². The predicted molar refractivity (Wildman–Crippen MR) is 65.8 cm³/mol. The maximum atomic E-state index is 7.45. The zero-order chi connectivity index (χ0) is 10.6. The summed E-state index contributed by atoms with van der Waals surface area (Å²) in [5, 5.41) is 8.08. The van der Waals surface area contributed by atoms with E-state index in [4.69, 9.17) is 5.41 Å². The van der Waals surface area contributed by atoms with Crippen LogP contribution >= 0.6 is 11.8 Å². The van der Waals surface area contributed by atoms with Gasteiger partial charge in [0.2, 0.25) is 0 Å². The summed E-state index contributed by atoms with van der Waals surface area (Å²) in [4.78, 5) is 1.15. The number of allylic oxidation sites excluding steroid dienone is 1. The van der Waals surface area contributed by atoms with Crippen LogP contribution in [0.15, 0.2) is 30.3 Å². The Balaban J connectivity index is 2.96. The molecule has 0 radical (unpaired) electrons. The van der Waals surface area contributed by atoms with Gasteiger partial charge in [0, 0.05) is 4.91 Å². The lowest BCUT2D eigenvalue weighted by Gasteiger charge is -2.06. The second kappa shape index (κ2) is 5.01. The van der Waals surface area contributed by atoms with Crippen LogP contribution in [-0.2, 0) is 0 Å². The number of benzene rings is 1. The number of hydrogen-bond acceptors (Lipinski definition) is 2. The van der Waals surface area contributed by atoms with Crippen molar-refractivity contribution in [3.05, 3.63) is 41.5 Å². The van der Waals surface area contributed by atoms with Gasteiger partial charge in [-0.15, -0.1) is 0 Å². The molecule has 1 aromatic carbocycles. The van der Waals surface area contributed by atoms with Crippen molar-refractivity contribution in [3.63, 3.8) is 0 Å². The molecule has 0 aromatic heterocycles.